The molecule has 2 aromatic rings. The van der Waals surface area contributed by atoms with Crippen LogP contribution >= 0.6 is 0 Å². The molecule has 3 rings (SSSR count). The monoisotopic (exact) mass is 342 g/mol. The number of rotatable bonds is 6. The van der Waals surface area contributed by atoms with E-state index >= 15 is 0 Å². The molecule has 0 aromatic heterocycles. The fraction of sp³-hybridized carbons (Fsp3) is 0.450. The molecule has 1 heterocycles. The summed E-state index contributed by atoms with van der Waals surface area (Å²) >= 11 is 0. The van der Waals surface area contributed by atoms with Crippen LogP contribution in [0.4, 0.5) is 4.79 Å². The number of fused-ring (bicyclic) bond motifs is 1. The zero-order chi connectivity index (χ0) is 17.6. The Hall–Kier alpha value is -2.27. The highest BCUT2D eigenvalue weighted by Gasteiger charge is 2.28. The van der Waals surface area contributed by atoms with Crippen molar-refractivity contribution in [3.05, 3.63) is 42.5 Å². The topological polar surface area (TPSA) is 61.8 Å². The van der Waals surface area contributed by atoms with E-state index in [1.54, 1.807) is 11.8 Å². The number of nitrogens with zero attached hydrogens (tertiary/aromatic N) is 1. The normalized spacial score (nSPS) is 18.3. The van der Waals surface area contributed by atoms with Gasteiger partial charge in [-0.25, -0.2) is 4.79 Å². The van der Waals surface area contributed by atoms with E-state index in [4.69, 9.17) is 4.74 Å². The van der Waals surface area contributed by atoms with Gasteiger partial charge in [-0.2, -0.15) is 0 Å². The van der Waals surface area contributed by atoms with Crippen LogP contribution in [0, 0.1) is 5.92 Å². The second kappa shape index (κ2) is 8.21. The van der Waals surface area contributed by atoms with Gasteiger partial charge in [0.05, 0.1) is 12.7 Å². The third-order valence-corrected chi connectivity index (χ3v) is 4.78. The van der Waals surface area contributed by atoms with Gasteiger partial charge in [0.1, 0.15) is 5.75 Å². The molecule has 5 heteroatoms. The maximum Gasteiger partial charge on any atom is 0.317 e. The maximum absolute atomic E-state index is 12.1. The quantitative estimate of drug-likeness (QED) is 0.793. The van der Waals surface area contributed by atoms with Gasteiger partial charge in [0.25, 0.3) is 0 Å². The van der Waals surface area contributed by atoms with Crippen LogP contribution in [-0.2, 0) is 0 Å². The number of aliphatic hydroxyl groups is 1. The molecule has 1 fully saturated rings. The van der Waals surface area contributed by atoms with Crippen molar-refractivity contribution in [2.45, 2.75) is 25.9 Å². The van der Waals surface area contributed by atoms with Crippen LogP contribution in [0.5, 0.6) is 5.75 Å². The lowest BCUT2D eigenvalue weighted by Crippen LogP contribution is -2.39. The van der Waals surface area contributed by atoms with Crippen molar-refractivity contribution in [1.29, 1.82) is 0 Å². The number of hydrogen-bond acceptors (Lipinski definition) is 3. The van der Waals surface area contributed by atoms with Gasteiger partial charge in [-0.05, 0) is 42.7 Å². The van der Waals surface area contributed by atoms with E-state index in [-0.39, 0.29) is 18.1 Å². The predicted molar refractivity (Wildman–Crippen MR) is 98.8 cm³/mol. The first-order chi connectivity index (χ1) is 12.1. The Morgan fingerprint density at radius 1 is 1.32 bits per heavy atom. The summed E-state index contributed by atoms with van der Waals surface area (Å²) in [6.45, 7) is 4.29. The van der Waals surface area contributed by atoms with Crippen LogP contribution in [0.3, 0.4) is 0 Å². The van der Waals surface area contributed by atoms with Crippen LogP contribution in [0.15, 0.2) is 42.5 Å². The number of carbonyl (C=O) groups excluding carboxylic acids is 1. The molecule has 0 spiro atoms. The number of urea groups is 1. The minimum Gasteiger partial charge on any atom is -0.494 e. The average molecular weight is 342 g/mol. The lowest BCUT2D eigenvalue weighted by molar-refractivity contribution is 0.129. The first kappa shape index (κ1) is 17.5. The fourth-order valence-electron chi connectivity index (χ4n) is 3.19. The Bertz CT molecular complexity index is 717. The molecule has 0 aliphatic carbocycles. The van der Waals surface area contributed by atoms with Gasteiger partial charge in [-0.1, -0.05) is 30.3 Å². The van der Waals surface area contributed by atoms with Gasteiger partial charge in [0, 0.05) is 25.6 Å². The molecule has 2 aromatic carbocycles. The molecule has 134 valence electrons. The highest BCUT2D eigenvalue weighted by molar-refractivity contribution is 5.83. The highest BCUT2D eigenvalue weighted by atomic mass is 16.5. The van der Waals surface area contributed by atoms with Gasteiger partial charge >= 0.3 is 6.03 Å². The number of aliphatic hydroxyl groups excluding tert-OH is 1. The number of hydrogen-bond donors (Lipinski definition) is 2. The molecule has 2 N–H and O–H groups in total. The summed E-state index contributed by atoms with van der Waals surface area (Å²) < 4.78 is 5.77. The minimum absolute atomic E-state index is 0.0474. The lowest BCUT2D eigenvalue weighted by atomic mass is 10.0. The Morgan fingerprint density at radius 2 is 2.12 bits per heavy atom. The molecule has 0 saturated carbocycles. The molecule has 2 unspecified atom stereocenters. The number of ether oxygens (including phenoxy) is 1. The van der Waals surface area contributed by atoms with Gasteiger partial charge in [-0.3, -0.25) is 0 Å². The number of benzene rings is 2. The Morgan fingerprint density at radius 3 is 2.88 bits per heavy atom. The van der Waals surface area contributed by atoms with E-state index in [1.807, 2.05) is 24.3 Å². The average Bonchev–Trinajstić information content (AvgIpc) is 3.12. The van der Waals surface area contributed by atoms with E-state index in [0.717, 1.165) is 30.5 Å². The fourth-order valence-corrected chi connectivity index (χ4v) is 3.19. The number of amides is 2. The van der Waals surface area contributed by atoms with Gasteiger partial charge < -0.3 is 20.1 Å². The Labute approximate surface area is 148 Å². The summed E-state index contributed by atoms with van der Waals surface area (Å²) in [4.78, 5) is 13.9. The molecule has 2 atom stereocenters. The molecular formula is C20H26N2O3. The lowest BCUT2D eigenvalue weighted by Gasteiger charge is -2.18. The Kier molecular flexibility index (Phi) is 5.76. The Balaban J connectivity index is 1.36. The van der Waals surface area contributed by atoms with Crippen LogP contribution in [0.2, 0.25) is 0 Å². The summed E-state index contributed by atoms with van der Waals surface area (Å²) in [5.41, 5.74) is 0. The first-order valence-electron chi connectivity index (χ1n) is 8.96. The third kappa shape index (κ3) is 4.63. The first-order valence-corrected chi connectivity index (χ1v) is 8.96. The maximum atomic E-state index is 12.1. The van der Waals surface area contributed by atoms with E-state index in [0.29, 0.717) is 19.7 Å². The van der Waals surface area contributed by atoms with Crippen molar-refractivity contribution in [1.82, 2.24) is 10.2 Å². The van der Waals surface area contributed by atoms with Crippen molar-refractivity contribution in [2.75, 3.05) is 26.2 Å². The van der Waals surface area contributed by atoms with Gasteiger partial charge in [0.2, 0.25) is 0 Å². The molecule has 25 heavy (non-hydrogen) atoms. The van der Waals surface area contributed by atoms with Gasteiger partial charge in [0.15, 0.2) is 0 Å². The minimum atomic E-state index is -0.354. The van der Waals surface area contributed by atoms with Crippen molar-refractivity contribution in [3.63, 3.8) is 0 Å². The zero-order valence-corrected chi connectivity index (χ0v) is 14.6. The number of carbonyl (C=O) groups is 1. The summed E-state index contributed by atoms with van der Waals surface area (Å²) in [7, 11) is 0. The second-order valence-electron chi connectivity index (χ2n) is 6.68. The molecule has 0 bridgehead atoms. The molecule has 1 saturated heterocycles. The second-order valence-corrected chi connectivity index (χ2v) is 6.68. The zero-order valence-electron chi connectivity index (χ0n) is 14.6. The van der Waals surface area contributed by atoms with Crippen LogP contribution < -0.4 is 10.1 Å². The van der Waals surface area contributed by atoms with E-state index in [9.17, 15) is 9.90 Å². The molecule has 1 aliphatic rings. The highest BCUT2D eigenvalue weighted by Crippen LogP contribution is 2.21. The SMILES string of the molecule is CC(O)C1CCN(C(=O)NCCCOc2ccc3ccccc3c2)C1. The van der Waals surface area contributed by atoms with E-state index < -0.39 is 0 Å². The third-order valence-electron chi connectivity index (χ3n) is 4.78. The van der Waals surface area contributed by atoms with Crippen molar-refractivity contribution >= 4 is 16.8 Å². The summed E-state index contributed by atoms with van der Waals surface area (Å²) in [5.74, 6) is 1.05. The standard InChI is InChI=1S/C20H26N2O3/c1-15(23)18-9-11-22(14-18)20(24)21-10-4-12-25-19-8-7-16-5-2-3-6-17(16)13-19/h2-3,5-8,13,15,18,23H,4,9-12,14H2,1H3,(H,21,24). The molecule has 0 radical (unpaired) electrons. The largest absolute Gasteiger partial charge is 0.494 e. The number of nitrogens with one attached hydrogen (secondary N) is 1. The van der Waals surface area contributed by atoms with E-state index in [1.165, 1.54) is 5.39 Å². The van der Waals surface area contributed by atoms with Crippen molar-refractivity contribution in [3.8, 4) is 5.75 Å². The summed E-state index contributed by atoms with van der Waals surface area (Å²) in [5, 5.41) is 14.9. The molecule has 1 aliphatic heterocycles. The van der Waals surface area contributed by atoms with Crippen molar-refractivity contribution in [2.24, 2.45) is 5.92 Å². The smallest absolute Gasteiger partial charge is 0.317 e. The van der Waals surface area contributed by atoms with Crippen LogP contribution in [0.25, 0.3) is 10.8 Å². The molecule has 2 amide bonds. The van der Waals surface area contributed by atoms with Crippen molar-refractivity contribution < 1.29 is 14.6 Å². The van der Waals surface area contributed by atoms with Crippen LogP contribution in [0.1, 0.15) is 19.8 Å². The van der Waals surface area contributed by atoms with Crippen LogP contribution in [-0.4, -0.2) is 48.4 Å². The predicted octanol–water partition coefficient (Wildman–Crippen LogP) is 3.02. The summed E-state index contributed by atoms with van der Waals surface area (Å²) in [6.07, 6.45) is 1.27. The molecular weight excluding hydrogens is 316 g/mol. The number of likely N-dealkylation sites (tertiary alicyclic amines) is 1. The summed E-state index contributed by atoms with van der Waals surface area (Å²) in [6, 6.07) is 14.2. The van der Waals surface area contributed by atoms with E-state index in [2.05, 4.69) is 23.5 Å². The van der Waals surface area contributed by atoms with Gasteiger partial charge in [-0.15, -0.1) is 0 Å². The molecule has 5 nitrogen and oxygen atoms in total.